The van der Waals surface area contributed by atoms with E-state index in [4.69, 9.17) is 9.97 Å². The number of aromatic nitrogens is 4. The first-order valence-corrected chi connectivity index (χ1v) is 23.7. The molecule has 16 aromatic rings. The SMILES string of the molecule is c1ccc(-c2cccc3cccc(-c4ccc(-c5nc6c7ccccc7c7ccccc7c6nc5-n5c6ccc7sc8ccc9c%10ccccc%10n%10c%11cccc5c%11c6c7c8c9%10)cc4)c23)cc1. The fourth-order valence-electron chi connectivity index (χ4n) is 11.8. The van der Waals surface area contributed by atoms with Crippen LogP contribution in [0.25, 0.3) is 152 Å². The van der Waals surface area contributed by atoms with Crippen LogP contribution in [0.5, 0.6) is 0 Å². The molecule has 4 nitrogen and oxygen atoms in total. The predicted molar refractivity (Wildman–Crippen MR) is 284 cm³/mol. The molecule has 0 N–H and O–H groups in total. The van der Waals surface area contributed by atoms with E-state index in [1.807, 2.05) is 11.3 Å². The van der Waals surface area contributed by atoms with Crippen LogP contribution in [-0.4, -0.2) is 18.9 Å². The first-order valence-electron chi connectivity index (χ1n) is 22.9. The van der Waals surface area contributed by atoms with E-state index in [0.717, 1.165) is 55.5 Å². The second-order valence-corrected chi connectivity index (χ2v) is 19.0. The maximum atomic E-state index is 5.89. The van der Waals surface area contributed by atoms with Gasteiger partial charge >= 0.3 is 0 Å². The van der Waals surface area contributed by atoms with E-state index in [1.54, 1.807) is 0 Å². The van der Waals surface area contributed by atoms with Gasteiger partial charge in [0.25, 0.3) is 0 Å². The lowest BCUT2D eigenvalue weighted by atomic mass is 9.91. The lowest BCUT2D eigenvalue weighted by Gasteiger charge is -2.17. The average molecular weight is 867 g/mol. The molecule has 0 bridgehead atoms. The molecular formula is C62H34N4S. The number of hydrogen-bond acceptors (Lipinski definition) is 3. The summed E-state index contributed by atoms with van der Waals surface area (Å²) in [4.78, 5) is 11.7. The predicted octanol–water partition coefficient (Wildman–Crippen LogP) is 17.0. The summed E-state index contributed by atoms with van der Waals surface area (Å²) < 4.78 is 7.56. The van der Waals surface area contributed by atoms with Gasteiger partial charge in [-0.25, -0.2) is 9.97 Å². The van der Waals surface area contributed by atoms with Crippen molar-refractivity contribution in [2.24, 2.45) is 0 Å². The average Bonchev–Trinajstić information content (AvgIpc) is 4.03. The lowest BCUT2D eigenvalue weighted by Crippen LogP contribution is -2.04. The number of benzene rings is 11. The Balaban J connectivity index is 1.03. The summed E-state index contributed by atoms with van der Waals surface area (Å²) in [5, 5.41) is 14.7. The van der Waals surface area contributed by atoms with Crippen LogP contribution >= 0.6 is 11.3 Å². The van der Waals surface area contributed by atoms with Crippen molar-refractivity contribution in [1.82, 2.24) is 18.9 Å². The quantitative estimate of drug-likeness (QED) is 0.165. The highest BCUT2D eigenvalue weighted by atomic mass is 32.1. The first-order chi connectivity index (χ1) is 33.3. The molecular weight excluding hydrogens is 833 g/mol. The van der Waals surface area contributed by atoms with Gasteiger partial charge in [-0.05, 0) is 80.2 Å². The third-order valence-corrected chi connectivity index (χ3v) is 15.7. The summed E-state index contributed by atoms with van der Waals surface area (Å²) in [6.45, 7) is 0. The third kappa shape index (κ3) is 4.65. The minimum Gasteiger partial charge on any atom is -0.308 e. The molecule has 0 amide bonds. The van der Waals surface area contributed by atoms with Gasteiger partial charge in [-0.2, -0.15) is 0 Å². The second kappa shape index (κ2) is 13.0. The Labute approximate surface area is 386 Å². The monoisotopic (exact) mass is 866 g/mol. The minimum absolute atomic E-state index is 0.816. The lowest BCUT2D eigenvalue weighted by molar-refractivity contribution is 1.08. The van der Waals surface area contributed by atoms with Crippen molar-refractivity contribution < 1.29 is 0 Å². The highest BCUT2D eigenvalue weighted by Crippen LogP contribution is 2.51. The molecule has 0 spiro atoms. The smallest absolute Gasteiger partial charge is 0.165 e. The van der Waals surface area contributed by atoms with E-state index in [2.05, 4.69) is 215 Å². The van der Waals surface area contributed by atoms with Gasteiger partial charge in [0.1, 0.15) is 5.69 Å². The molecule has 5 aromatic heterocycles. The van der Waals surface area contributed by atoms with E-state index in [0.29, 0.717) is 0 Å². The standard InChI is InChI=1S/C62H34N4S/c1-2-13-35(14-3-1)39-22-10-15-37-16-11-23-40(53(37)39)36-27-29-38(30-28-36)58-62(64-60-45-21-7-5-18-42(45)41-17-4-6-20-44(41)59(60)63-58)66-49-26-12-25-48-54(49)55-50(66)32-34-51-56(55)57-52(67-51)33-31-46-43-19-8-9-24-47(43)65(48)61(46)57/h1-34H. The highest BCUT2D eigenvalue weighted by molar-refractivity contribution is 7.26. The molecule has 67 heavy (non-hydrogen) atoms. The van der Waals surface area contributed by atoms with Crippen LogP contribution in [0.1, 0.15) is 0 Å². The summed E-state index contributed by atoms with van der Waals surface area (Å²) in [6.07, 6.45) is 0. The van der Waals surface area contributed by atoms with Crippen molar-refractivity contribution in [2.45, 2.75) is 0 Å². The van der Waals surface area contributed by atoms with Crippen LogP contribution in [0.4, 0.5) is 0 Å². The van der Waals surface area contributed by atoms with Crippen molar-refractivity contribution in [2.75, 3.05) is 0 Å². The normalized spacial score (nSPS) is 12.5. The molecule has 11 aromatic carbocycles. The third-order valence-electron chi connectivity index (χ3n) is 14.6. The molecule has 0 aliphatic rings. The number of thiophene rings is 1. The molecule has 0 saturated carbocycles. The maximum absolute atomic E-state index is 5.89. The van der Waals surface area contributed by atoms with Crippen molar-refractivity contribution in [3.05, 3.63) is 206 Å². The summed E-state index contributed by atoms with van der Waals surface area (Å²) in [6, 6.07) is 75.4. The molecule has 5 heterocycles. The second-order valence-electron chi connectivity index (χ2n) is 18.0. The Morgan fingerprint density at radius 3 is 1.66 bits per heavy atom. The van der Waals surface area contributed by atoms with Gasteiger partial charge in [0, 0.05) is 58.1 Å². The Kier molecular flexibility index (Phi) is 6.93. The van der Waals surface area contributed by atoms with E-state index >= 15 is 0 Å². The van der Waals surface area contributed by atoms with Crippen LogP contribution in [0.3, 0.4) is 0 Å². The Bertz CT molecular complexity index is 4720. The van der Waals surface area contributed by atoms with Gasteiger partial charge in [0.15, 0.2) is 5.82 Å². The van der Waals surface area contributed by atoms with Crippen LogP contribution in [0.2, 0.25) is 0 Å². The Morgan fingerprint density at radius 2 is 0.896 bits per heavy atom. The van der Waals surface area contributed by atoms with Gasteiger partial charge in [-0.15, -0.1) is 11.3 Å². The fourth-order valence-corrected chi connectivity index (χ4v) is 13.0. The van der Waals surface area contributed by atoms with Crippen molar-refractivity contribution in [3.8, 4) is 39.3 Å². The fraction of sp³-hybridized carbons (Fsp3) is 0. The molecule has 5 heteroatoms. The van der Waals surface area contributed by atoms with Gasteiger partial charge in [-0.1, -0.05) is 170 Å². The Morgan fingerprint density at radius 1 is 0.328 bits per heavy atom. The summed E-state index contributed by atoms with van der Waals surface area (Å²) in [5.74, 6) is 0.816. The number of hydrogen-bond donors (Lipinski definition) is 0. The minimum atomic E-state index is 0.816. The molecule has 0 saturated heterocycles. The van der Waals surface area contributed by atoms with Crippen molar-refractivity contribution in [3.63, 3.8) is 0 Å². The largest absolute Gasteiger partial charge is 0.308 e. The Hall–Kier alpha value is -8.64. The maximum Gasteiger partial charge on any atom is 0.165 e. The molecule has 0 aliphatic carbocycles. The van der Waals surface area contributed by atoms with Gasteiger partial charge < -0.3 is 4.40 Å². The summed E-state index contributed by atoms with van der Waals surface area (Å²) >= 11 is 1.89. The number of rotatable bonds is 4. The first kappa shape index (κ1) is 35.7. The number of para-hydroxylation sites is 1. The van der Waals surface area contributed by atoms with Crippen molar-refractivity contribution in [1.29, 1.82) is 0 Å². The molecule has 0 radical (unpaired) electrons. The van der Waals surface area contributed by atoms with E-state index in [9.17, 15) is 0 Å². The highest BCUT2D eigenvalue weighted by Gasteiger charge is 2.28. The van der Waals surface area contributed by atoms with Crippen molar-refractivity contribution >= 4 is 124 Å². The number of nitrogens with zero attached hydrogens (tertiary/aromatic N) is 4. The van der Waals surface area contributed by atoms with Crippen LogP contribution in [-0.2, 0) is 0 Å². The van der Waals surface area contributed by atoms with E-state index in [-0.39, 0.29) is 0 Å². The van der Waals surface area contributed by atoms with E-state index in [1.165, 1.54) is 96.5 Å². The molecule has 0 unspecified atom stereocenters. The van der Waals surface area contributed by atoms with Crippen LogP contribution in [0.15, 0.2) is 206 Å². The summed E-state index contributed by atoms with van der Waals surface area (Å²) in [5.41, 5.74) is 14.4. The van der Waals surface area contributed by atoms with Gasteiger partial charge in [0.05, 0.1) is 38.6 Å². The van der Waals surface area contributed by atoms with Crippen LogP contribution in [0, 0.1) is 0 Å². The van der Waals surface area contributed by atoms with Crippen LogP contribution < -0.4 is 0 Å². The molecule has 16 rings (SSSR count). The van der Waals surface area contributed by atoms with E-state index < -0.39 is 0 Å². The molecule has 0 aliphatic heterocycles. The zero-order valence-corrected chi connectivity index (χ0v) is 36.6. The summed E-state index contributed by atoms with van der Waals surface area (Å²) in [7, 11) is 0. The molecule has 0 fully saturated rings. The molecule has 308 valence electrons. The number of fused-ring (bicyclic) bond motifs is 11. The van der Waals surface area contributed by atoms with Gasteiger partial charge in [0.2, 0.25) is 0 Å². The zero-order chi connectivity index (χ0) is 43.5. The molecule has 0 atom stereocenters. The van der Waals surface area contributed by atoms with Gasteiger partial charge in [-0.3, -0.25) is 4.57 Å². The zero-order valence-electron chi connectivity index (χ0n) is 35.8. The topological polar surface area (TPSA) is 35.1 Å².